The number of alkyl halides is 3. The zero-order chi connectivity index (χ0) is 35.1. The van der Waals surface area contributed by atoms with Gasteiger partial charge in [0.15, 0.2) is 6.61 Å². The Hall–Kier alpha value is -4.71. The van der Waals surface area contributed by atoms with Gasteiger partial charge in [-0.05, 0) is 68.1 Å². The van der Waals surface area contributed by atoms with E-state index in [9.17, 15) is 36.0 Å². The normalized spacial score (nSPS) is 14.3. The lowest BCUT2D eigenvalue weighted by Gasteiger charge is -2.19. The minimum atomic E-state index is -4.62. The lowest BCUT2D eigenvalue weighted by molar-refractivity contribution is -0.154. The van der Waals surface area contributed by atoms with Gasteiger partial charge in [-0.25, -0.2) is 8.42 Å². The number of amides is 3. The molecule has 1 aliphatic carbocycles. The quantitative estimate of drug-likeness (QED) is 0.145. The Bertz CT molecular complexity index is 1740. The average Bonchev–Trinajstić information content (AvgIpc) is 3.78. The number of hydrogen-bond donors (Lipinski definition) is 5. The van der Waals surface area contributed by atoms with Crippen LogP contribution in [0.2, 0.25) is 5.02 Å². The molecule has 1 aliphatic rings. The number of rotatable bonds is 15. The zero-order valence-electron chi connectivity index (χ0n) is 25.7. The lowest BCUT2D eigenvalue weighted by atomic mass is 10.1. The van der Waals surface area contributed by atoms with Crippen molar-refractivity contribution < 1.29 is 40.7 Å². The van der Waals surface area contributed by atoms with Crippen molar-refractivity contribution in [3.63, 3.8) is 0 Å². The number of carbonyl (C=O) groups is 3. The Morgan fingerprint density at radius 2 is 1.65 bits per heavy atom. The van der Waals surface area contributed by atoms with E-state index in [1.165, 1.54) is 31.2 Å². The molecule has 1 saturated carbocycles. The molecule has 14 nitrogen and oxygen atoms in total. The molecular formula is C29H32ClF3N8O6S. The van der Waals surface area contributed by atoms with Gasteiger partial charge in [0.05, 0.1) is 11.8 Å². The maximum absolute atomic E-state index is 12.9. The fraction of sp³-hybridized carbons (Fsp3) is 0.379. The third-order valence-corrected chi connectivity index (χ3v) is 7.63. The Labute approximate surface area is 278 Å². The molecule has 0 bridgehead atoms. The molecule has 0 unspecified atom stereocenters. The van der Waals surface area contributed by atoms with Crippen molar-refractivity contribution in [1.29, 1.82) is 0 Å². The molecule has 1 fully saturated rings. The third-order valence-electron chi connectivity index (χ3n) is 6.80. The highest BCUT2D eigenvalue weighted by molar-refractivity contribution is 7.89. The second-order valence-corrected chi connectivity index (χ2v) is 13.2. The fourth-order valence-electron chi connectivity index (χ4n) is 4.31. The van der Waals surface area contributed by atoms with Crippen molar-refractivity contribution in [3.05, 3.63) is 64.7 Å². The van der Waals surface area contributed by atoms with E-state index in [0.29, 0.717) is 10.7 Å². The number of benzene rings is 2. The first kappa shape index (κ1) is 36.1. The first-order chi connectivity index (χ1) is 22.5. The molecular weight excluding hydrogens is 681 g/mol. The van der Waals surface area contributed by atoms with Gasteiger partial charge in [0.25, 0.3) is 11.8 Å². The second-order valence-electron chi connectivity index (χ2n) is 11.0. The van der Waals surface area contributed by atoms with Gasteiger partial charge in [0.2, 0.25) is 27.8 Å². The van der Waals surface area contributed by atoms with Crippen LogP contribution in [-0.4, -0.2) is 72.7 Å². The Morgan fingerprint density at radius 1 is 1.00 bits per heavy atom. The van der Waals surface area contributed by atoms with Crippen LogP contribution in [0.15, 0.2) is 48.5 Å². The summed E-state index contributed by atoms with van der Waals surface area (Å²) in [5.41, 5.74) is 1.07. The Balaban J connectivity index is 1.33. The largest absolute Gasteiger partial charge is 0.454 e. The van der Waals surface area contributed by atoms with Gasteiger partial charge in [-0.1, -0.05) is 23.7 Å². The zero-order valence-corrected chi connectivity index (χ0v) is 27.2. The molecule has 0 radical (unpaired) electrons. The Kier molecular flexibility index (Phi) is 11.3. The first-order valence-corrected chi connectivity index (χ1v) is 16.7. The monoisotopic (exact) mass is 712 g/mol. The lowest BCUT2D eigenvalue weighted by Crippen LogP contribution is -2.46. The van der Waals surface area contributed by atoms with E-state index in [4.69, 9.17) is 16.3 Å². The number of halogens is 4. The minimum Gasteiger partial charge on any atom is -0.454 e. The third kappa shape index (κ3) is 11.2. The van der Waals surface area contributed by atoms with Gasteiger partial charge in [0.1, 0.15) is 6.04 Å². The van der Waals surface area contributed by atoms with E-state index < -0.39 is 58.1 Å². The molecule has 5 N–H and O–H groups in total. The summed E-state index contributed by atoms with van der Waals surface area (Å²) in [6.45, 7) is -0.133. The van der Waals surface area contributed by atoms with Crippen LogP contribution in [0.25, 0.3) is 0 Å². The molecule has 1 heterocycles. The summed E-state index contributed by atoms with van der Waals surface area (Å²) in [6, 6.07) is 11.6. The van der Waals surface area contributed by atoms with Gasteiger partial charge in [-0.3, -0.25) is 19.1 Å². The summed E-state index contributed by atoms with van der Waals surface area (Å²) in [5, 5.41) is 11.7. The van der Waals surface area contributed by atoms with Crippen molar-refractivity contribution >= 4 is 56.9 Å². The highest BCUT2D eigenvalue weighted by Gasteiger charge is 2.45. The van der Waals surface area contributed by atoms with Crippen LogP contribution < -0.4 is 30.7 Å². The maximum Gasteiger partial charge on any atom is 0.422 e. The van der Waals surface area contributed by atoms with E-state index >= 15 is 0 Å². The molecule has 4 rings (SSSR count). The molecule has 0 saturated heterocycles. The van der Waals surface area contributed by atoms with Gasteiger partial charge in [-0.2, -0.15) is 28.1 Å². The predicted octanol–water partition coefficient (Wildman–Crippen LogP) is 3.40. The minimum absolute atomic E-state index is 0.00608. The molecule has 3 amide bonds. The maximum atomic E-state index is 12.9. The number of ether oxygens (including phenoxy) is 1. The number of hydrogen-bond acceptors (Lipinski definition) is 11. The van der Waals surface area contributed by atoms with Crippen LogP contribution >= 0.6 is 11.6 Å². The van der Waals surface area contributed by atoms with E-state index in [2.05, 4.69) is 36.2 Å². The van der Waals surface area contributed by atoms with Gasteiger partial charge in [0, 0.05) is 29.2 Å². The van der Waals surface area contributed by atoms with Crippen LogP contribution in [0.3, 0.4) is 0 Å². The molecule has 258 valence electrons. The summed E-state index contributed by atoms with van der Waals surface area (Å²) >= 11 is 6.00. The highest BCUT2D eigenvalue weighted by atomic mass is 35.5. The van der Waals surface area contributed by atoms with Crippen LogP contribution in [0.1, 0.15) is 48.5 Å². The van der Waals surface area contributed by atoms with Crippen molar-refractivity contribution in [3.8, 4) is 6.01 Å². The number of anilines is 3. The van der Waals surface area contributed by atoms with Gasteiger partial charge >= 0.3 is 12.2 Å². The predicted molar refractivity (Wildman–Crippen MR) is 169 cm³/mol. The molecule has 0 spiro atoms. The summed E-state index contributed by atoms with van der Waals surface area (Å²) in [4.78, 5) is 48.7. The smallest absolute Gasteiger partial charge is 0.422 e. The molecule has 48 heavy (non-hydrogen) atoms. The highest BCUT2D eigenvalue weighted by Crippen LogP contribution is 2.48. The van der Waals surface area contributed by atoms with E-state index in [0.717, 1.165) is 24.7 Å². The van der Waals surface area contributed by atoms with Gasteiger partial charge in [-0.15, -0.1) is 0 Å². The molecule has 19 heteroatoms. The van der Waals surface area contributed by atoms with Crippen LogP contribution in [-0.2, 0) is 25.2 Å². The van der Waals surface area contributed by atoms with E-state index in [1.807, 2.05) is 12.1 Å². The standard InChI is InChI=1S/C29H32ClF3N8O6S/c1-17(23(43)41-48(2,45)46)35-22(42)4-3-15-34-24(44)18-5-11-21(12-6-18)36-25-37-26(39-27(38-25)47-16-29(31,32)33)40-28(13-14-28)19-7-9-20(30)10-8-19/h5-12,17H,3-4,13-16H2,1-2H3,(H,34,44)(H,35,42)(H,41,43)(H2,36,37,38,39,40)/t17-/m0/s1. The molecule has 3 aromatic rings. The van der Waals surface area contributed by atoms with Crippen molar-refractivity contribution in [2.45, 2.75) is 50.4 Å². The molecule has 1 aromatic heterocycles. The fourth-order valence-corrected chi connectivity index (χ4v) is 4.98. The van der Waals surface area contributed by atoms with Crippen molar-refractivity contribution in [2.24, 2.45) is 0 Å². The van der Waals surface area contributed by atoms with Crippen LogP contribution in [0.4, 0.5) is 30.8 Å². The summed E-state index contributed by atoms with van der Waals surface area (Å²) in [5.74, 6) is -1.92. The Morgan fingerprint density at radius 3 is 2.25 bits per heavy atom. The van der Waals surface area contributed by atoms with Crippen molar-refractivity contribution in [1.82, 2.24) is 30.3 Å². The second kappa shape index (κ2) is 15.0. The number of carbonyl (C=O) groups excluding carboxylic acids is 3. The molecule has 0 aliphatic heterocycles. The molecule has 1 atom stereocenters. The van der Waals surface area contributed by atoms with E-state index in [1.54, 1.807) is 16.9 Å². The van der Waals surface area contributed by atoms with Gasteiger partial charge < -0.3 is 26.0 Å². The number of aromatic nitrogens is 3. The van der Waals surface area contributed by atoms with Crippen molar-refractivity contribution in [2.75, 3.05) is 30.0 Å². The van der Waals surface area contributed by atoms with Crippen LogP contribution in [0, 0.1) is 0 Å². The number of sulfonamides is 1. The summed E-state index contributed by atoms with van der Waals surface area (Å²) < 4.78 is 67.5. The summed E-state index contributed by atoms with van der Waals surface area (Å²) in [7, 11) is -3.76. The molecule has 2 aromatic carbocycles. The number of nitrogens with one attached hydrogen (secondary N) is 5. The SMILES string of the molecule is C[C@H](NC(=O)CCCNC(=O)c1ccc(Nc2nc(NC3(c4ccc(Cl)cc4)CC3)nc(OCC(F)(F)F)n2)cc1)C(=O)NS(C)(=O)=O. The topological polar surface area (TPSA) is 193 Å². The first-order valence-electron chi connectivity index (χ1n) is 14.5. The van der Waals surface area contributed by atoms with E-state index in [-0.39, 0.29) is 36.8 Å². The number of nitrogens with zero attached hydrogens (tertiary/aromatic N) is 3. The van der Waals surface area contributed by atoms with Crippen LogP contribution in [0.5, 0.6) is 6.01 Å². The average molecular weight is 713 g/mol. The summed E-state index contributed by atoms with van der Waals surface area (Å²) in [6.07, 6.45) is -2.13.